The number of hydrogen-bond acceptors (Lipinski definition) is 2. The average Bonchev–Trinajstić information content (AvgIpc) is 2.18. The Balaban J connectivity index is 3.77. The maximum atomic E-state index is 11.1. The van der Waals surface area contributed by atoms with Gasteiger partial charge in [-0.15, -0.1) is 0 Å². The third-order valence-electron chi connectivity index (χ3n) is 2.27. The van der Waals surface area contributed by atoms with Gasteiger partial charge < -0.3 is 4.74 Å². The zero-order valence-corrected chi connectivity index (χ0v) is 10.3. The molecule has 0 N–H and O–H groups in total. The second-order valence-electron chi connectivity index (χ2n) is 3.91. The summed E-state index contributed by atoms with van der Waals surface area (Å²) in [5.74, 6) is -0.231. The van der Waals surface area contributed by atoms with Gasteiger partial charge in [0.25, 0.3) is 0 Å². The third-order valence-corrected chi connectivity index (χ3v) is 2.27. The molecule has 0 aromatic rings. The predicted molar refractivity (Wildman–Crippen MR) is 63.7 cm³/mol. The van der Waals surface area contributed by atoms with E-state index in [4.69, 9.17) is 4.74 Å². The molecule has 0 aliphatic heterocycles. The standard InChI is InChI=1S/C13H22O2/c1-5-6-10-15-13(14)9-7-8-12(4)11(2)3/h7,9H,5-6,8,10H2,1-4H3/b9-7+. The lowest BCUT2D eigenvalue weighted by atomic mass is 10.1. The minimum absolute atomic E-state index is 0.231. The Morgan fingerprint density at radius 2 is 1.93 bits per heavy atom. The van der Waals surface area contributed by atoms with Crippen LogP contribution >= 0.6 is 0 Å². The molecule has 0 saturated carbocycles. The van der Waals surface area contributed by atoms with Crippen molar-refractivity contribution in [1.82, 2.24) is 0 Å². The summed E-state index contributed by atoms with van der Waals surface area (Å²) in [5.41, 5.74) is 2.60. The number of esters is 1. The van der Waals surface area contributed by atoms with Gasteiger partial charge in [-0.3, -0.25) is 0 Å². The molecule has 0 fully saturated rings. The Labute approximate surface area is 93.0 Å². The molecular weight excluding hydrogens is 188 g/mol. The molecule has 0 aromatic heterocycles. The Kier molecular flexibility index (Phi) is 7.69. The molecular formula is C13H22O2. The lowest BCUT2D eigenvalue weighted by molar-refractivity contribution is -0.137. The van der Waals surface area contributed by atoms with E-state index in [2.05, 4.69) is 27.7 Å². The smallest absolute Gasteiger partial charge is 0.330 e. The fourth-order valence-corrected chi connectivity index (χ4v) is 0.901. The van der Waals surface area contributed by atoms with Crippen LogP contribution < -0.4 is 0 Å². The van der Waals surface area contributed by atoms with Crippen LogP contribution in [0.15, 0.2) is 23.3 Å². The number of hydrogen-bond donors (Lipinski definition) is 0. The van der Waals surface area contributed by atoms with Crippen LogP contribution in [0.1, 0.15) is 47.0 Å². The predicted octanol–water partition coefficient (Wildman–Crippen LogP) is 3.63. The SMILES string of the molecule is CCCCOC(=O)/C=C/CC(C)=C(C)C. The normalized spacial score (nSPS) is 10.4. The third kappa shape index (κ3) is 7.98. The monoisotopic (exact) mass is 210 g/mol. The quantitative estimate of drug-likeness (QED) is 0.289. The minimum atomic E-state index is -0.231. The summed E-state index contributed by atoms with van der Waals surface area (Å²) in [6, 6.07) is 0. The number of carbonyl (C=O) groups excluding carboxylic acids is 1. The van der Waals surface area contributed by atoms with Gasteiger partial charge in [0, 0.05) is 6.08 Å². The first kappa shape index (κ1) is 13.9. The minimum Gasteiger partial charge on any atom is -0.463 e. The largest absolute Gasteiger partial charge is 0.463 e. The van der Waals surface area contributed by atoms with Crippen molar-refractivity contribution in [3.05, 3.63) is 23.3 Å². The molecule has 0 amide bonds. The van der Waals surface area contributed by atoms with Gasteiger partial charge in [-0.2, -0.15) is 0 Å². The maximum absolute atomic E-state index is 11.1. The summed E-state index contributed by atoms with van der Waals surface area (Å²) >= 11 is 0. The zero-order chi connectivity index (χ0) is 11.7. The van der Waals surface area contributed by atoms with E-state index in [1.807, 2.05) is 6.08 Å². The molecule has 0 aromatic carbocycles. The second-order valence-corrected chi connectivity index (χ2v) is 3.91. The molecule has 86 valence electrons. The highest BCUT2D eigenvalue weighted by molar-refractivity contribution is 5.81. The topological polar surface area (TPSA) is 26.3 Å². The molecule has 0 saturated heterocycles. The molecule has 2 heteroatoms. The fourth-order valence-electron chi connectivity index (χ4n) is 0.901. The molecule has 15 heavy (non-hydrogen) atoms. The van der Waals surface area contributed by atoms with Crippen LogP contribution in [0.3, 0.4) is 0 Å². The van der Waals surface area contributed by atoms with Crippen LogP contribution in [-0.4, -0.2) is 12.6 Å². The summed E-state index contributed by atoms with van der Waals surface area (Å²) in [4.78, 5) is 11.1. The van der Waals surface area contributed by atoms with Crippen molar-refractivity contribution in [2.75, 3.05) is 6.61 Å². The van der Waals surface area contributed by atoms with Crippen LogP contribution in [-0.2, 0) is 9.53 Å². The van der Waals surface area contributed by atoms with Gasteiger partial charge >= 0.3 is 5.97 Å². The van der Waals surface area contributed by atoms with Crippen LogP contribution in [0.2, 0.25) is 0 Å². The molecule has 2 nitrogen and oxygen atoms in total. The number of carbonyl (C=O) groups is 1. The highest BCUT2D eigenvalue weighted by Crippen LogP contribution is 2.07. The molecule has 0 aliphatic carbocycles. The molecule has 0 heterocycles. The molecule has 0 rings (SSSR count). The molecule has 0 unspecified atom stereocenters. The van der Waals surface area contributed by atoms with E-state index in [1.165, 1.54) is 17.2 Å². The van der Waals surface area contributed by atoms with Crippen molar-refractivity contribution in [2.24, 2.45) is 0 Å². The van der Waals surface area contributed by atoms with Gasteiger partial charge in [0.2, 0.25) is 0 Å². The van der Waals surface area contributed by atoms with Crippen LogP contribution in [0.5, 0.6) is 0 Å². The average molecular weight is 210 g/mol. The lowest BCUT2D eigenvalue weighted by Crippen LogP contribution is -2.01. The van der Waals surface area contributed by atoms with Crippen LogP contribution in [0.4, 0.5) is 0 Å². The Hall–Kier alpha value is -1.05. The first-order chi connectivity index (χ1) is 7.07. The fraction of sp³-hybridized carbons (Fsp3) is 0.615. The highest BCUT2D eigenvalue weighted by Gasteiger charge is 1.95. The van der Waals surface area contributed by atoms with Crippen molar-refractivity contribution in [3.63, 3.8) is 0 Å². The summed E-state index contributed by atoms with van der Waals surface area (Å²) in [6.45, 7) is 8.82. The van der Waals surface area contributed by atoms with Crippen molar-refractivity contribution in [2.45, 2.75) is 47.0 Å². The van der Waals surface area contributed by atoms with Crippen molar-refractivity contribution >= 4 is 5.97 Å². The van der Waals surface area contributed by atoms with E-state index in [0.717, 1.165) is 19.3 Å². The summed E-state index contributed by atoms with van der Waals surface area (Å²) < 4.78 is 4.98. The van der Waals surface area contributed by atoms with Crippen LogP contribution in [0.25, 0.3) is 0 Å². The van der Waals surface area contributed by atoms with E-state index < -0.39 is 0 Å². The van der Waals surface area contributed by atoms with Crippen LogP contribution in [0, 0.1) is 0 Å². The molecule has 0 atom stereocenters. The Bertz CT molecular complexity index is 245. The number of unbranched alkanes of at least 4 members (excludes halogenated alkanes) is 1. The lowest BCUT2D eigenvalue weighted by Gasteiger charge is -2.00. The molecule has 0 bridgehead atoms. The zero-order valence-electron chi connectivity index (χ0n) is 10.3. The van der Waals surface area contributed by atoms with Gasteiger partial charge in [-0.25, -0.2) is 4.79 Å². The van der Waals surface area contributed by atoms with Gasteiger partial charge in [0.05, 0.1) is 6.61 Å². The summed E-state index contributed by atoms with van der Waals surface area (Å²) in [7, 11) is 0. The van der Waals surface area contributed by atoms with Gasteiger partial charge in [-0.05, 0) is 33.6 Å². The second kappa shape index (κ2) is 8.27. The van der Waals surface area contributed by atoms with Gasteiger partial charge in [0.1, 0.15) is 0 Å². The number of allylic oxidation sites excluding steroid dienone is 3. The highest BCUT2D eigenvalue weighted by atomic mass is 16.5. The number of rotatable bonds is 6. The van der Waals surface area contributed by atoms with Gasteiger partial charge in [0.15, 0.2) is 0 Å². The van der Waals surface area contributed by atoms with Crippen molar-refractivity contribution < 1.29 is 9.53 Å². The molecule has 0 spiro atoms. The first-order valence-corrected chi connectivity index (χ1v) is 5.54. The van der Waals surface area contributed by atoms with E-state index in [0.29, 0.717) is 6.61 Å². The first-order valence-electron chi connectivity index (χ1n) is 5.54. The van der Waals surface area contributed by atoms with Crippen molar-refractivity contribution in [1.29, 1.82) is 0 Å². The van der Waals surface area contributed by atoms with E-state index >= 15 is 0 Å². The van der Waals surface area contributed by atoms with E-state index in [1.54, 1.807) is 0 Å². The Morgan fingerprint density at radius 1 is 1.27 bits per heavy atom. The molecule has 0 aliphatic rings. The molecule has 0 radical (unpaired) electrons. The van der Waals surface area contributed by atoms with E-state index in [-0.39, 0.29) is 5.97 Å². The van der Waals surface area contributed by atoms with Crippen molar-refractivity contribution in [3.8, 4) is 0 Å². The summed E-state index contributed by atoms with van der Waals surface area (Å²) in [5, 5.41) is 0. The van der Waals surface area contributed by atoms with E-state index in [9.17, 15) is 4.79 Å². The Morgan fingerprint density at radius 3 is 2.47 bits per heavy atom. The van der Waals surface area contributed by atoms with Gasteiger partial charge in [-0.1, -0.05) is 30.6 Å². The maximum Gasteiger partial charge on any atom is 0.330 e. The number of ether oxygens (including phenoxy) is 1. The summed E-state index contributed by atoms with van der Waals surface area (Å²) in [6.07, 6.45) is 6.18.